The maximum absolute atomic E-state index is 5.00. The Hall–Kier alpha value is -3.39. The molecule has 0 aliphatic heterocycles. The molecule has 0 saturated carbocycles. The van der Waals surface area contributed by atoms with Gasteiger partial charge in [0.25, 0.3) is 0 Å². The van der Waals surface area contributed by atoms with E-state index in [2.05, 4.69) is 84.7 Å². The van der Waals surface area contributed by atoms with Crippen LogP contribution >= 0.6 is 0 Å². The van der Waals surface area contributed by atoms with Crippen molar-refractivity contribution >= 4 is 50.2 Å². The molecule has 0 bridgehead atoms. The number of benzene rings is 3. The molecule has 0 N–H and O–H groups in total. The lowest BCUT2D eigenvalue weighted by Gasteiger charge is -2.12. The van der Waals surface area contributed by atoms with E-state index in [0.29, 0.717) is 0 Å². The summed E-state index contributed by atoms with van der Waals surface area (Å²) < 4.78 is 2.29. The number of hydrogen-bond donors (Lipinski definition) is 0. The van der Waals surface area contributed by atoms with Crippen LogP contribution < -0.4 is 0 Å². The molecule has 27 heavy (non-hydrogen) atoms. The first kappa shape index (κ1) is 15.8. The number of rotatable bonds is 2. The van der Waals surface area contributed by atoms with Crippen LogP contribution in [0.4, 0.5) is 0 Å². The Labute approximate surface area is 158 Å². The number of pyridine rings is 1. The maximum atomic E-state index is 5.00. The van der Waals surface area contributed by atoms with Crippen molar-refractivity contribution in [2.24, 2.45) is 0 Å². The largest absolute Gasteiger partial charge is 0.292 e. The van der Waals surface area contributed by atoms with Crippen LogP contribution in [-0.4, -0.2) is 9.38 Å². The molecule has 0 aliphatic carbocycles. The third kappa shape index (κ3) is 2.16. The second-order valence-electron chi connectivity index (χ2n) is 6.98. The molecule has 2 aromatic heterocycles. The number of aromatic nitrogens is 2. The average Bonchev–Trinajstić information content (AvgIpc) is 3.06. The van der Waals surface area contributed by atoms with Crippen LogP contribution in [0.25, 0.3) is 50.2 Å². The van der Waals surface area contributed by atoms with Gasteiger partial charge in [-0.2, -0.15) is 0 Å². The van der Waals surface area contributed by atoms with Crippen molar-refractivity contribution in [1.82, 2.24) is 9.38 Å². The van der Waals surface area contributed by atoms with Gasteiger partial charge in [-0.1, -0.05) is 61.2 Å². The quantitative estimate of drug-likeness (QED) is 0.321. The van der Waals surface area contributed by atoms with Crippen molar-refractivity contribution in [3.63, 3.8) is 0 Å². The van der Waals surface area contributed by atoms with Crippen LogP contribution in [0.15, 0.2) is 67.3 Å². The van der Waals surface area contributed by atoms with Crippen LogP contribution in [0.5, 0.6) is 0 Å². The summed E-state index contributed by atoms with van der Waals surface area (Å²) in [6.45, 7) is 8.17. The van der Waals surface area contributed by atoms with Crippen molar-refractivity contribution in [2.45, 2.75) is 13.8 Å². The van der Waals surface area contributed by atoms with E-state index in [1.807, 2.05) is 13.0 Å². The summed E-state index contributed by atoms with van der Waals surface area (Å²) in [5.41, 5.74) is 5.40. The van der Waals surface area contributed by atoms with Crippen LogP contribution in [0, 0.1) is 6.92 Å². The molecule has 0 radical (unpaired) electrons. The minimum atomic E-state index is 0.913. The molecule has 2 nitrogen and oxygen atoms in total. The summed E-state index contributed by atoms with van der Waals surface area (Å²) in [5.74, 6) is 0. The van der Waals surface area contributed by atoms with E-state index >= 15 is 0 Å². The average molecular weight is 348 g/mol. The topological polar surface area (TPSA) is 17.3 Å². The van der Waals surface area contributed by atoms with Crippen molar-refractivity contribution in [2.75, 3.05) is 0 Å². The van der Waals surface area contributed by atoms with Crippen molar-refractivity contribution < 1.29 is 0 Å². The second kappa shape index (κ2) is 5.82. The van der Waals surface area contributed by atoms with Gasteiger partial charge in [-0.05, 0) is 53.8 Å². The van der Waals surface area contributed by atoms with Gasteiger partial charge < -0.3 is 0 Å². The van der Waals surface area contributed by atoms with Gasteiger partial charge in [-0.15, -0.1) is 0 Å². The monoisotopic (exact) mass is 348 g/mol. The number of imidazole rings is 1. The molecule has 5 aromatic rings. The fraction of sp³-hybridized carbons (Fsp3) is 0.0800. The lowest BCUT2D eigenvalue weighted by molar-refractivity contribution is 1.24. The van der Waals surface area contributed by atoms with E-state index in [9.17, 15) is 0 Å². The van der Waals surface area contributed by atoms with Gasteiger partial charge in [-0.25, -0.2) is 4.98 Å². The second-order valence-corrected chi connectivity index (χ2v) is 6.98. The Morgan fingerprint density at radius 3 is 2.59 bits per heavy atom. The Morgan fingerprint density at radius 2 is 1.78 bits per heavy atom. The van der Waals surface area contributed by atoms with Gasteiger partial charge in [-0.3, -0.25) is 4.40 Å². The Morgan fingerprint density at radius 1 is 0.963 bits per heavy atom. The molecule has 0 aliphatic rings. The standard InChI is InChI=1S/C25H20N2/c1-4-8-22-21(5-2)26-25-24-18-10-7-6-9-17(18)12-14-20(24)19-13-11-16(3)15-23(19)27(22)25/h4-15H,2H2,1,3H3/b8-4-. The maximum Gasteiger partial charge on any atom is 0.147 e. The number of fused-ring (bicyclic) bond motifs is 8. The summed E-state index contributed by atoms with van der Waals surface area (Å²) in [6, 6.07) is 19.6. The van der Waals surface area contributed by atoms with Gasteiger partial charge in [0.15, 0.2) is 0 Å². The van der Waals surface area contributed by atoms with Crippen LogP contribution in [0.2, 0.25) is 0 Å². The van der Waals surface area contributed by atoms with Gasteiger partial charge in [0.1, 0.15) is 5.65 Å². The van der Waals surface area contributed by atoms with E-state index in [1.165, 1.54) is 38.0 Å². The highest BCUT2D eigenvalue weighted by atomic mass is 15.0. The van der Waals surface area contributed by atoms with E-state index in [0.717, 1.165) is 17.0 Å². The zero-order chi connectivity index (χ0) is 18.5. The third-order valence-corrected chi connectivity index (χ3v) is 5.30. The Kier molecular flexibility index (Phi) is 3.41. The predicted octanol–water partition coefficient (Wildman–Crippen LogP) is 6.78. The highest BCUT2D eigenvalue weighted by molar-refractivity contribution is 6.22. The fourth-order valence-corrected chi connectivity index (χ4v) is 4.12. The summed E-state index contributed by atoms with van der Waals surface area (Å²) in [4.78, 5) is 5.00. The first-order valence-electron chi connectivity index (χ1n) is 9.24. The van der Waals surface area contributed by atoms with Gasteiger partial charge in [0.2, 0.25) is 0 Å². The SMILES string of the molecule is C=Cc1nc2c3c4ccccc4ccc3c3ccc(C)cc3n2c1/C=C\C. The zero-order valence-corrected chi connectivity index (χ0v) is 15.5. The summed E-state index contributed by atoms with van der Waals surface area (Å²) in [6.07, 6.45) is 6.03. The van der Waals surface area contributed by atoms with E-state index in [4.69, 9.17) is 4.98 Å². The summed E-state index contributed by atoms with van der Waals surface area (Å²) in [7, 11) is 0. The lowest BCUT2D eigenvalue weighted by atomic mass is 9.99. The molecule has 0 amide bonds. The number of hydrogen-bond acceptors (Lipinski definition) is 1. The molecule has 0 unspecified atom stereocenters. The minimum absolute atomic E-state index is 0.913. The molecule has 130 valence electrons. The van der Waals surface area contributed by atoms with E-state index in [1.54, 1.807) is 0 Å². The molecule has 2 heterocycles. The molecule has 0 fully saturated rings. The molecule has 3 aromatic carbocycles. The van der Waals surface area contributed by atoms with Gasteiger partial charge >= 0.3 is 0 Å². The van der Waals surface area contributed by atoms with Crippen LogP contribution in [0.3, 0.4) is 0 Å². The van der Waals surface area contributed by atoms with Gasteiger partial charge in [0, 0.05) is 10.8 Å². The number of allylic oxidation sites excluding steroid dienone is 1. The minimum Gasteiger partial charge on any atom is -0.292 e. The van der Waals surface area contributed by atoms with Gasteiger partial charge in [0.05, 0.1) is 16.9 Å². The lowest BCUT2D eigenvalue weighted by Crippen LogP contribution is -1.95. The van der Waals surface area contributed by atoms with Crippen molar-refractivity contribution in [1.29, 1.82) is 0 Å². The summed E-state index contributed by atoms with van der Waals surface area (Å²) >= 11 is 0. The first-order chi connectivity index (χ1) is 13.2. The molecular weight excluding hydrogens is 328 g/mol. The Balaban J connectivity index is 2.19. The zero-order valence-electron chi connectivity index (χ0n) is 15.5. The smallest absolute Gasteiger partial charge is 0.147 e. The molecule has 0 saturated heterocycles. The van der Waals surface area contributed by atoms with Crippen molar-refractivity contribution in [3.8, 4) is 0 Å². The molecular formula is C25H20N2. The fourth-order valence-electron chi connectivity index (χ4n) is 4.12. The van der Waals surface area contributed by atoms with Crippen LogP contribution in [-0.2, 0) is 0 Å². The van der Waals surface area contributed by atoms with Crippen LogP contribution in [0.1, 0.15) is 23.9 Å². The number of aryl methyl sites for hydroxylation is 1. The number of nitrogens with zero attached hydrogens (tertiary/aromatic N) is 2. The first-order valence-corrected chi connectivity index (χ1v) is 9.24. The molecule has 5 rings (SSSR count). The Bertz CT molecular complexity index is 1400. The molecule has 0 spiro atoms. The van der Waals surface area contributed by atoms with Crippen molar-refractivity contribution in [3.05, 3.63) is 84.2 Å². The molecule has 2 heteroatoms. The predicted molar refractivity (Wildman–Crippen MR) is 117 cm³/mol. The highest BCUT2D eigenvalue weighted by Crippen LogP contribution is 2.36. The van der Waals surface area contributed by atoms with E-state index < -0.39 is 0 Å². The highest BCUT2D eigenvalue weighted by Gasteiger charge is 2.17. The normalized spacial score (nSPS) is 12.1. The molecule has 0 atom stereocenters. The van der Waals surface area contributed by atoms with E-state index in [-0.39, 0.29) is 0 Å². The third-order valence-electron chi connectivity index (χ3n) is 5.30. The summed E-state index contributed by atoms with van der Waals surface area (Å²) in [5, 5.41) is 6.14.